The molecule has 35 heavy (non-hydrogen) atoms. The third-order valence-electron chi connectivity index (χ3n) is 7.17. The lowest BCUT2D eigenvalue weighted by Gasteiger charge is -2.42. The van der Waals surface area contributed by atoms with Crippen LogP contribution in [0.2, 0.25) is 0 Å². The van der Waals surface area contributed by atoms with Gasteiger partial charge in [0.05, 0.1) is 33.3 Å². The van der Waals surface area contributed by atoms with E-state index in [1.165, 1.54) is 6.42 Å². The quantitative estimate of drug-likeness (QED) is 0.584. The van der Waals surface area contributed by atoms with Crippen LogP contribution in [0.4, 0.5) is 0 Å². The number of carbonyl (C=O) groups is 2. The fourth-order valence-corrected chi connectivity index (χ4v) is 5.54. The maximum absolute atomic E-state index is 14.0. The monoisotopic (exact) mass is 480 g/mol. The van der Waals surface area contributed by atoms with Crippen molar-refractivity contribution in [3.63, 3.8) is 0 Å². The predicted octanol–water partition coefficient (Wildman–Crippen LogP) is 4.85. The summed E-state index contributed by atoms with van der Waals surface area (Å²) in [5.74, 6) is 0.804. The topological polar surface area (TPSA) is 77.1 Å². The van der Waals surface area contributed by atoms with Gasteiger partial charge in [0.25, 0.3) is 5.91 Å². The van der Waals surface area contributed by atoms with E-state index in [-0.39, 0.29) is 17.9 Å². The molecule has 0 unspecified atom stereocenters. The van der Waals surface area contributed by atoms with Gasteiger partial charge in [-0.3, -0.25) is 9.59 Å². The lowest BCUT2D eigenvalue weighted by molar-refractivity contribution is -0.125. The molecular formula is C28H36N2O5. The van der Waals surface area contributed by atoms with Gasteiger partial charge in [0, 0.05) is 18.2 Å². The van der Waals surface area contributed by atoms with Crippen LogP contribution >= 0.6 is 0 Å². The van der Waals surface area contributed by atoms with E-state index in [0.29, 0.717) is 29.4 Å². The SMILES string of the molecule is CCCN1C(=O)c2ccccc2[C@H](C(=O)NC2CCCCC2)[C@@H]1c1cc(OC)c(OC)c(OC)c1. The van der Waals surface area contributed by atoms with Gasteiger partial charge in [-0.25, -0.2) is 0 Å². The Morgan fingerprint density at radius 2 is 1.66 bits per heavy atom. The summed E-state index contributed by atoms with van der Waals surface area (Å²) in [7, 11) is 4.70. The van der Waals surface area contributed by atoms with E-state index in [2.05, 4.69) is 5.32 Å². The Morgan fingerprint density at radius 3 is 2.26 bits per heavy atom. The molecular weight excluding hydrogens is 444 g/mol. The van der Waals surface area contributed by atoms with Crippen LogP contribution in [-0.4, -0.2) is 50.6 Å². The number of ether oxygens (including phenoxy) is 3. The second-order valence-corrected chi connectivity index (χ2v) is 9.31. The molecule has 0 saturated heterocycles. The van der Waals surface area contributed by atoms with Crippen LogP contribution < -0.4 is 19.5 Å². The Balaban J connectivity index is 1.86. The summed E-state index contributed by atoms with van der Waals surface area (Å²) in [6, 6.07) is 10.9. The zero-order valence-electron chi connectivity index (χ0n) is 21.1. The minimum absolute atomic E-state index is 0.0447. The molecule has 4 rings (SSSR count). The van der Waals surface area contributed by atoms with E-state index in [9.17, 15) is 9.59 Å². The van der Waals surface area contributed by atoms with Gasteiger partial charge in [0.15, 0.2) is 11.5 Å². The number of benzene rings is 2. The largest absolute Gasteiger partial charge is 0.493 e. The van der Waals surface area contributed by atoms with Crippen LogP contribution in [0, 0.1) is 0 Å². The number of nitrogens with one attached hydrogen (secondary N) is 1. The summed E-state index contributed by atoms with van der Waals surface area (Å²) in [6.07, 6.45) is 6.22. The standard InChI is InChI=1S/C28H36N2O5/c1-5-15-30-25(18-16-22(33-2)26(35-4)23(17-18)34-3)24(20-13-9-10-14-21(20)28(30)32)27(31)29-19-11-7-6-8-12-19/h9-10,13-14,16-17,19,24-25H,5-8,11-12,15H2,1-4H3,(H,29,31)/t24-,25-/m0/s1. The fraction of sp³-hybridized carbons (Fsp3) is 0.500. The molecule has 2 atom stereocenters. The van der Waals surface area contributed by atoms with Crippen molar-refractivity contribution in [3.8, 4) is 17.2 Å². The summed E-state index contributed by atoms with van der Waals surface area (Å²) < 4.78 is 16.7. The fourth-order valence-electron chi connectivity index (χ4n) is 5.54. The zero-order valence-corrected chi connectivity index (χ0v) is 21.1. The van der Waals surface area contributed by atoms with Crippen LogP contribution in [0.3, 0.4) is 0 Å². The summed E-state index contributed by atoms with van der Waals surface area (Å²) in [4.78, 5) is 29.5. The van der Waals surface area contributed by atoms with Crippen molar-refractivity contribution in [3.05, 3.63) is 53.1 Å². The minimum atomic E-state index is -0.555. The Kier molecular flexibility index (Phi) is 7.83. The smallest absolute Gasteiger partial charge is 0.254 e. The molecule has 2 amide bonds. The molecule has 2 aromatic rings. The Bertz CT molecular complexity index is 1040. The molecule has 7 heteroatoms. The molecule has 1 aliphatic heterocycles. The maximum atomic E-state index is 14.0. The lowest BCUT2D eigenvalue weighted by atomic mass is 9.78. The van der Waals surface area contributed by atoms with E-state index >= 15 is 0 Å². The van der Waals surface area contributed by atoms with Gasteiger partial charge in [-0.1, -0.05) is 44.4 Å². The van der Waals surface area contributed by atoms with Gasteiger partial charge >= 0.3 is 0 Å². The second kappa shape index (κ2) is 11.0. The molecule has 1 aliphatic carbocycles. The van der Waals surface area contributed by atoms with Gasteiger partial charge in [0.1, 0.15) is 0 Å². The molecule has 0 aromatic heterocycles. The number of amides is 2. The number of nitrogens with zero attached hydrogens (tertiary/aromatic N) is 1. The number of hydrogen-bond acceptors (Lipinski definition) is 5. The van der Waals surface area contributed by atoms with E-state index in [1.54, 1.807) is 21.3 Å². The predicted molar refractivity (Wildman–Crippen MR) is 134 cm³/mol. The molecule has 7 nitrogen and oxygen atoms in total. The Hall–Kier alpha value is -3.22. The van der Waals surface area contributed by atoms with Gasteiger partial charge in [0.2, 0.25) is 11.7 Å². The highest BCUT2D eigenvalue weighted by molar-refractivity contribution is 6.01. The highest BCUT2D eigenvalue weighted by atomic mass is 16.5. The summed E-state index contributed by atoms with van der Waals surface area (Å²) in [5, 5.41) is 3.32. The Morgan fingerprint density at radius 1 is 1.00 bits per heavy atom. The van der Waals surface area contributed by atoms with E-state index in [0.717, 1.165) is 43.2 Å². The van der Waals surface area contributed by atoms with Crippen molar-refractivity contribution in [2.75, 3.05) is 27.9 Å². The molecule has 1 saturated carbocycles. The average molecular weight is 481 g/mol. The molecule has 0 spiro atoms. The highest BCUT2D eigenvalue weighted by Crippen LogP contribution is 2.47. The average Bonchev–Trinajstić information content (AvgIpc) is 2.89. The third kappa shape index (κ3) is 4.81. The van der Waals surface area contributed by atoms with Crippen molar-refractivity contribution < 1.29 is 23.8 Å². The van der Waals surface area contributed by atoms with E-state index in [4.69, 9.17) is 14.2 Å². The molecule has 188 valence electrons. The van der Waals surface area contributed by atoms with Crippen LogP contribution in [0.1, 0.15) is 78.9 Å². The number of methoxy groups -OCH3 is 3. The number of hydrogen-bond donors (Lipinski definition) is 1. The first kappa shape index (κ1) is 24.9. The maximum Gasteiger partial charge on any atom is 0.254 e. The van der Waals surface area contributed by atoms with Crippen molar-refractivity contribution in [1.82, 2.24) is 10.2 Å². The minimum Gasteiger partial charge on any atom is -0.493 e. The summed E-state index contributed by atoms with van der Waals surface area (Å²) in [5.41, 5.74) is 2.13. The highest BCUT2D eigenvalue weighted by Gasteiger charge is 2.44. The second-order valence-electron chi connectivity index (χ2n) is 9.31. The van der Waals surface area contributed by atoms with Crippen LogP contribution in [-0.2, 0) is 4.79 Å². The van der Waals surface area contributed by atoms with Crippen LogP contribution in [0.25, 0.3) is 0 Å². The number of fused-ring (bicyclic) bond motifs is 1. The summed E-state index contributed by atoms with van der Waals surface area (Å²) >= 11 is 0. The first-order chi connectivity index (χ1) is 17.0. The summed E-state index contributed by atoms with van der Waals surface area (Å²) in [6.45, 7) is 2.57. The van der Waals surface area contributed by atoms with Gasteiger partial charge in [-0.15, -0.1) is 0 Å². The van der Waals surface area contributed by atoms with Crippen molar-refractivity contribution in [2.24, 2.45) is 0 Å². The first-order valence-corrected chi connectivity index (χ1v) is 12.5. The van der Waals surface area contributed by atoms with Gasteiger partial charge in [-0.2, -0.15) is 0 Å². The first-order valence-electron chi connectivity index (χ1n) is 12.5. The zero-order chi connectivity index (χ0) is 24.9. The molecule has 0 bridgehead atoms. The normalized spacial score (nSPS) is 20.2. The van der Waals surface area contributed by atoms with Crippen molar-refractivity contribution in [1.29, 1.82) is 0 Å². The van der Waals surface area contributed by atoms with Crippen LogP contribution in [0.15, 0.2) is 36.4 Å². The lowest BCUT2D eigenvalue weighted by Crippen LogP contribution is -2.49. The number of rotatable bonds is 8. The van der Waals surface area contributed by atoms with Crippen molar-refractivity contribution >= 4 is 11.8 Å². The molecule has 1 fully saturated rings. The van der Waals surface area contributed by atoms with Crippen molar-refractivity contribution in [2.45, 2.75) is 63.5 Å². The van der Waals surface area contributed by atoms with Gasteiger partial charge in [-0.05, 0) is 48.6 Å². The van der Waals surface area contributed by atoms with E-state index in [1.807, 2.05) is 48.2 Å². The molecule has 1 heterocycles. The van der Waals surface area contributed by atoms with Crippen LogP contribution in [0.5, 0.6) is 17.2 Å². The molecule has 2 aliphatic rings. The van der Waals surface area contributed by atoms with E-state index < -0.39 is 12.0 Å². The molecule has 2 aromatic carbocycles. The Labute approximate surface area is 207 Å². The number of carbonyl (C=O) groups excluding carboxylic acids is 2. The third-order valence-corrected chi connectivity index (χ3v) is 7.17. The molecule has 0 radical (unpaired) electrons. The molecule has 1 N–H and O–H groups in total. The van der Waals surface area contributed by atoms with Gasteiger partial charge < -0.3 is 24.4 Å².